The minimum absolute atomic E-state index is 0.189. The molecule has 0 aromatic carbocycles. The smallest absolute Gasteiger partial charge is 0.111 e. The van der Waals surface area contributed by atoms with E-state index in [1.807, 2.05) is 0 Å². The van der Waals surface area contributed by atoms with Crippen molar-refractivity contribution in [2.45, 2.75) is 134 Å². The van der Waals surface area contributed by atoms with Gasteiger partial charge in [-0.1, -0.05) is 103 Å². The van der Waals surface area contributed by atoms with Gasteiger partial charge >= 0.3 is 0 Å². The van der Waals surface area contributed by atoms with Crippen LogP contribution in [0.15, 0.2) is 0 Å². The molecule has 7 heteroatoms. The molecule has 0 fully saturated rings. The fraction of sp³-hybridized carbons (Fsp3) is 1.00. The highest BCUT2D eigenvalue weighted by molar-refractivity contribution is 4.80. The zero-order valence-corrected chi connectivity index (χ0v) is 20.8. The molecule has 0 bridgehead atoms. The van der Waals surface area contributed by atoms with Crippen LogP contribution in [-0.2, 0) is 4.84 Å². The fourth-order valence-electron chi connectivity index (χ4n) is 3.81. The Kier molecular flexibility index (Phi) is 22.3. The van der Waals surface area contributed by atoms with Crippen LogP contribution in [0.5, 0.6) is 0 Å². The van der Waals surface area contributed by atoms with E-state index in [0.717, 1.165) is 19.4 Å². The van der Waals surface area contributed by atoms with Crippen molar-refractivity contribution in [3.63, 3.8) is 0 Å². The van der Waals surface area contributed by atoms with Gasteiger partial charge in [0.05, 0.1) is 13.2 Å². The normalized spacial score (nSPS) is 15.8. The summed E-state index contributed by atoms with van der Waals surface area (Å²) >= 11 is 0. The molecule has 0 amide bonds. The predicted octanol–water partition coefficient (Wildman–Crippen LogP) is 3.55. The molecule has 0 aromatic heterocycles. The molecule has 32 heavy (non-hydrogen) atoms. The molecular formula is C25H53NO6. The van der Waals surface area contributed by atoms with Gasteiger partial charge in [-0.15, -0.1) is 0 Å². The Morgan fingerprint density at radius 3 is 1.38 bits per heavy atom. The van der Waals surface area contributed by atoms with Gasteiger partial charge in [0.2, 0.25) is 0 Å². The van der Waals surface area contributed by atoms with Crippen molar-refractivity contribution in [1.82, 2.24) is 5.06 Å². The van der Waals surface area contributed by atoms with Crippen molar-refractivity contribution in [3.8, 4) is 0 Å². The molecule has 0 aromatic rings. The van der Waals surface area contributed by atoms with Gasteiger partial charge in [-0.05, 0) is 6.42 Å². The third kappa shape index (κ3) is 18.2. The Hall–Kier alpha value is -0.280. The third-order valence-electron chi connectivity index (χ3n) is 6.12. The molecule has 0 heterocycles. The number of nitrogens with zero attached hydrogens (tertiary/aromatic N) is 1. The van der Waals surface area contributed by atoms with Gasteiger partial charge in [0, 0.05) is 13.6 Å². The maximum atomic E-state index is 9.84. The molecule has 0 spiro atoms. The van der Waals surface area contributed by atoms with Gasteiger partial charge in [0.25, 0.3) is 0 Å². The summed E-state index contributed by atoms with van der Waals surface area (Å²) in [6.45, 7) is 2.11. The highest BCUT2D eigenvalue weighted by Crippen LogP contribution is 2.14. The largest absolute Gasteiger partial charge is 0.394 e. The quantitative estimate of drug-likeness (QED) is 0.110. The number of hydrogen-bond donors (Lipinski definition) is 5. The van der Waals surface area contributed by atoms with Gasteiger partial charge in [-0.3, -0.25) is 4.84 Å². The molecule has 0 aliphatic carbocycles. The SMILES string of the molecule is CCCCCCCCCCCCCCCCCCN(C)OC[C@H](O)[C@@H](O)[C@H](O)[C@H](O)CO. The number of hydrogen-bond acceptors (Lipinski definition) is 7. The number of rotatable bonds is 24. The molecule has 0 aliphatic rings. The second-order valence-corrected chi connectivity index (χ2v) is 9.25. The monoisotopic (exact) mass is 463 g/mol. The minimum atomic E-state index is -1.62. The van der Waals surface area contributed by atoms with Crippen LogP contribution in [0, 0.1) is 0 Å². The second kappa shape index (κ2) is 22.5. The lowest BCUT2D eigenvalue weighted by Gasteiger charge is -2.26. The number of aliphatic hydroxyl groups is 5. The van der Waals surface area contributed by atoms with Crippen LogP contribution in [0.3, 0.4) is 0 Å². The van der Waals surface area contributed by atoms with Crippen molar-refractivity contribution in [1.29, 1.82) is 0 Å². The zero-order chi connectivity index (χ0) is 24.0. The summed E-state index contributed by atoms with van der Waals surface area (Å²) in [5.41, 5.74) is 0. The lowest BCUT2D eigenvalue weighted by molar-refractivity contribution is -0.190. The average Bonchev–Trinajstić information content (AvgIpc) is 2.80. The fourth-order valence-corrected chi connectivity index (χ4v) is 3.81. The van der Waals surface area contributed by atoms with E-state index in [9.17, 15) is 20.4 Å². The Labute approximate surface area is 196 Å². The molecule has 0 saturated carbocycles. The molecular weight excluding hydrogens is 410 g/mol. The van der Waals surface area contributed by atoms with Gasteiger partial charge in [0.1, 0.15) is 24.4 Å². The third-order valence-corrected chi connectivity index (χ3v) is 6.12. The summed E-state index contributed by atoms with van der Waals surface area (Å²) < 4.78 is 0. The van der Waals surface area contributed by atoms with Crippen LogP contribution >= 0.6 is 0 Å². The summed E-state index contributed by atoms with van der Waals surface area (Å²) in [4.78, 5) is 5.38. The molecule has 0 rings (SSSR count). The average molecular weight is 464 g/mol. The molecule has 5 N–H and O–H groups in total. The Bertz CT molecular complexity index is 387. The predicted molar refractivity (Wildman–Crippen MR) is 129 cm³/mol. The van der Waals surface area contributed by atoms with Crippen molar-refractivity contribution in [2.24, 2.45) is 0 Å². The summed E-state index contributed by atoms with van der Waals surface area (Å²) in [7, 11) is 1.77. The van der Waals surface area contributed by atoms with E-state index in [-0.39, 0.29) is 6.61 Å². The van der Waals surface area contributed by atoms with Gasteiger partial charge in [0.15, 0.2) is 0 Å². The summed E-state index contributed by atoms with van der Waals surface area (Å²) in [6, 6.07) is 0. The van der Waals surface area contributed by atoms with E-state index >= 15 is 0 Å². The molecule has 4 atom stereocenters. The lowest BCUT2D eigenvalue weighted by Crippen LogP contribution is -2.47. The molecule has 0 unspecified atom stereocenters. The molecule has 194 valence electrons. The topological polar surface area (TPSA) is 114 Å². The van der Waals surface area contributed by atoms with Crippen LogP contribution in [-0.4, -0.2) is 81.8 Å². The highest BCUT2D eigenvalue weighted by Gasteiger charge is 2.30. The maximum absolute atomic E-state index is 9.84. The Morgan fingerprint density at radius 2 is 0.969 bits per heavy atom. The summed E-state index contributed by atoms with van der Waals surface area (Å²) in [5, 5.41) is 48.9. The highest BCUT2D eigenvalue weighted by atomic mass is 16.7. The van der Waals surface area contributed by atoms with Crippen molar-refractivity contribution < 1.29 is 30.4 Å². The Balaban J connectivity index is 3.43. The van der Waals surface area contributed by atoms with Crippen LogP contribution in [0.2, 0.25) is 0 Å². The first-order valence-corrected chi connectivity index (χ1v) is 13.1. The standard InChI is InChI=1S/C25H53NO6/c1-3-4-5-6-7-8-9-10-11-12-13-14-15-16-17-18-19-26(2)32-21-23(29)25(31)24(30)22(28)20-27/h22-25,27-31H,3-21H2,1-2H3/t22-,23+,24-,25-/m1/s1. The van der Waals surface area contributed by atoms with Crippen molar-refractivity contribution in [2.75, 3.05) is 26.8 Å². The van der Waals surface area contributed by atoms with Crippen LogP contribution in [0.4, 0.5) is 0 Å². The second-order valence-electron chi connectivity index (χ2n) is 9.25. The minimum Gasteiger partial charge on any atom is -0.394 e. The number of unbranched alkanes of at least 4 members (excludes halogenated alkanes) is 15. The first-order valence-electron chi connectivity index (χ1n) is 13.1. The first-order chi connectivity index (χ1) is 15.4. The zero-order valence-electron chi connectivity index (χ0n) is 20.8. The number of hydroxylamine groups is 2. The molecule has 0 aliphatic heterocycles. The maximum Gasteiger partial charge on any atom is 0.111 e. The summed E-state index contributed by atoms with van der Waals surface area (Å²) in [6.07, 6.45) is 15.2. The van der Waals surface area contributed by atoms with E-state index in [1.165, 1.54) is 89.9 Å². The molecule has 0 saturated heterocycles. The first kappa shape index (κ1) is 31.7. The van der Waals surface area contributed by atoms with Crippen molar-refractivity contribution >= 4 is 0 Å². The van der Waals surface area contributed by atoms with Gasteiger partial charge < -0.3 is 25.5 Å². The van der Waals surface area contributed by atoms with E-state index < -0.39 is 31.0 Å². The summed E-state index contributed by atoms with van der Waals surface area (Å²) in [5.74, 6) is 0. The van der Waals surface area contributed by atoms with Crippen LogP contribution < -0.4 is 0 Å². The van der Waals surface area contributed by atoms with E-state index in [2.05, 4.69) is 6.92 Å². The lowest BCUT2D eigenvalue weighted by atomic mass is 10.0. The molecule has 7 nitrogen and oxygen atoms in total. The van der Waals surface area contributed by atoms with Crippen molar-refractivity contribution in [3.05, 3.63) is 0 Å². The van der Waals surface area contributed by atoms with Crippen LogP contribution in [0.1, 0.15) is 110 Å². The van der Waals surface area contributed by atoms with E-state index in [0.29, 0.717) is 0 Å². The van der Waals surface area contributed by atoms with Gasteiger partial charge in [-0.25, -0.2) is 0 Å². The van der Waals surface area contributed by atoms with Crippen LogP contribution in [0.25, 0.3) is 0 Å². The molecule has 0 radical (unpaired) electrons. The van der Waals surface area contributed by atoms with E-state index in [1.54, 1.807) is 12.1 Å². The number of aliphatic hydroxyl groups excluding tert-OH is 5. The van der Waals surface area contributed by atoms with E-state index in [4.69, 9.17) is 9.94 Å². The van der Waals surface area contributed by atoms with Gasteiger partial charge in [-0.2, -0.15) is 5.06 Å². The Morgan fingerprint density at radius 1 is 0.594 bits per heavy atom.